The zero-order valence-electron chi connectivity index (χ0n) is 14.6. The van der Waals surface area contributed by atoms with Crippen LogP contribution in [0.2, 0.25) is 0 Å². The van der Waals surface area contributed by atoms with E-state index in [1.54, 1.807) is 10.9 Å². The van der Waals surface area contributed by atoms with E-state index in [9.17, 15) is 0 Å². The van der Waals surface area contributed by atoms with Gasteiger partial charge in [-0.1, -0.05) is 0 Å². The number of aromatic nitrogens is 5. The van der Waals surface area contributed by atoms with Crippen LogP contribution in [0.15, 0.2) is 29.4 Å². The molecule has 0 aliphatic carbocycles. The van der Waals surface area contributed by atoms with Gasteiger partial charge in [0.15, 0.2) is 5.82 Å². The maximum Gasteiger partial charge on any atom is 0.216 e. The largest absolute Gasteiger partial charge is 0.494 e. The van der Waals surface area contributed by atoms with Crippen molar-refractivity contribution >= 4 is 18.4 Å². The maximum absolute atomic E-state index is 5.47. The number of ether oxygens (including phenoxy) is 1. The molecule has 1 N–H and O–H groups in total. The zero-order valence-corrected chi connectivity index (χ0v) is 15.5. The number of nitrogens with zero attached hydrogens (tertiary/aromatic N) is 5. The van der Waals surface area contributed by atoms with Gasteiger partial charge >= 0.3 is 0 Å². The Bertz CT molecular complexity index is 964. The van der Waals surface area contributed by atoms with Crippen molar-refractivity contribution in [3.05, 3.63) is 46.0 Å². The van der Waals surface area contributed by atoms with E-state index in [0.29, 0.717) is 17.2 Å². The number of benzene rings is 1. The second-order valence-corrected chi connectivity index (χ2v) is 5.96. The third kappa shape index (κ3) is 3.39. The lowest BCUT2D eigenvalue weighted by molar-refractivity contribution is 0.340. The van der Waals surface area contributed by atoms with Crippen molar-refractivity contribution in [3.63, 3.8) is 0 Å². The average Bonchev–Trinajstić information content (AvgIpc) is 3.07. The summed E-state index contributed by atoms with van der Waals surface area (Å²) in [4.78, 5) is 0. The molecule has 3 aromatic rings. The van der Waals surface area contributed by atoms with Crippen molar-refractivity contribution in [3.8, 4) is 17.1 Å². The van der Waals surface area contributed by atoms with Crippen LogP contribution in [-0.4, -0.2) is 37.5 Å². The summed E-state index contributed by atoms with van der Waals surface area (Å²) in [7, 11) is 1.91. The number of hydrogen-bond donors (Lipinski definition) is 1. The van der Waals surface area contributed by atoms with Crippen molar-refractivity contribution in [2.45, 2.75) is 20.8 Å². The fraction of sp³-hybridized carbons (Fsp3) is 0.294. The van der Waals surface area contributed by atoms with Crippen molar-refractivity contribution in [1.29, 1.82) is 0 Å². The van der Waals surface area contributed by atoms with Gasteiger partial charge in [-0.3, -0.25) is 4.68 Å². The first-order valence-corrected chi connectivity index (χ1v) is 8.37. The predicted octanol–water partition coefficient (Wildman–Crippen LogP) is 3.24. The van der Waals surface area contributed by atoms with Gasteiger partial charge < -0.3 is 4.74 Å². The smallest absolute Gasteiger partial charge is 0.216 e. The van der Waals surface area contributed by atoms with Crippen LogP contribution in [-0.2, 0) is 7.05 Å². The lowest BCUT2D eigenvalue weighted by atomic mass is 10.2. The van der Waals surface area contributed by atoms with E-state index in [0.717, 1.165) is 28.3 Å². The van der Waals surface area contributed by atoms with E-state index >= 15 is 0 Å². The minimum atomic E-state index is 0.430. The second kappa shape index (κ2) is 7.02. The fourth-order valence-corrected chi connectivity index (χ4v) is 2.72. The molecule has 0 amide bonds. The van der Waals surface area contributed by atoms with Crippen LogP contribution in [0.3, 0.4) is 0 Å². The molecule has 0 fully saturated rings. The molecule has 1 aromatic carbocycles. The van der Waals surface area contributed by atoms with Gasteiger partial charge in [0.2, 0.25) is 4.77 Å². The van der Waals surface area contributed by atoms with Crippen molar-refractivity contribution in [1.82, 2.24) is 24.7 Å². The lowest BCUT2D eigenvalue weighted by Gasteiger charge is -2.04. The second-order valence-electron chi connectivity index (χ2n) is 5.57. The van der Waals surface area contributed by atoms with E-state index in [1.807, 2.05) is 56.8 Å². The van der Waals surface area contributed by atoms with Gasteiger partial charge in [-0.05, 0) is 57.3 Å². The number of nitrogens with one attached hydrogen (secondary N) is 1. The Kier molecular flexibility index (Phi) is 4.80. The molecule has 0 bridgehead atoms. The molecule has 0 unspecified atom stereocenters. The predicted molar refractivity (Wildman–Crippen MR) is 99.7 cm³/mol. The summed E-state index contributed by atoms with van der Waals surface area (Å²) in [6.07, 6.45) is 1.76. The minimum absolute atomic E-state index is 0.430. The number of hydrogen-bond acceptors (Lipinski definition) is 5. The standard InChI is InChI=1S/C17H20N6OS/c1-5-24-14-8-6-13(7-9-14)16-19-20-17(25)23(16)18-10-15-11(2)21-22(4)12(15)3/h6-10H,5H2,1-4H3,(H,20,25). The van der Waals surface area contributed by atoms with Crippen LogP contribution in [0.25, 0.3) is 11.4 Å². The van der Waals surface area contributed by atoms with E-state index in [2.05, 4.69) is 20.4 Å². The SMILES string of the molecule is CCOc1ccc(-c2n[nH]c(=S)n2N=Cc2c(C)nn(C)c2C)cc1. The summed E-state index contributed by atoms with van der Waals surface area (Å²) >= 11 is 5.31. The van der Waals surface area contributed by atoms with Crippen LogP contribution in [0, 0.1) is 18.6 Å². The highest BCUT2D eigenvalue weighted by Gasteiger charge is 2.10. The normalized spacial score (nSPS) is 11.4. The summed E-state index contributed by atoms with van der Waals surface area (Å²) in [6.45, 7) is 6.54. The van der Waals surface area contributed by atoms with Crippen molar-refractivity contribution in [2.75, 3.05) is 6.61 Å². The first kappa shape index (κ1) is 17.1. The number of rotatable bonds is 5. The summed E-state index contributed by atoms with van der Waals surface area (Å²) in [5.74, 6) is 1.46. The van der Waals surface area contributed by atoms with Crippen LogP contribution >= 0.6 is 12.2 Å². The van der Waals surface area contributed by atoms with Crippen molar-refractivity contribution in [2.24, 2.45) is 12.1 Å². The van der Waals surface area contributed by atoms with Gasteiger partial charge in [0.25, 0.3) is 0 Å². The van der Waals surface area contributed by atoms with Gasteiger partial charge in [0.05, 0.1) is 18.5 Å². The molecular formula is C17H20N6OS. The van der Waals surface area contributed by atoms with E-state index in [1.165, 1.54) is 0 Å². The van der Waals surface area contributed by atoms with E-state index in [-0.39, 0.29) is 0 Å². The molecule has 0 saturated carbocycles. The molecule has 0 aliphatic rings. The Hall–Kier alpha value is -2.74. The number of aryl methyl sites for hydroxylation is 2. The van der Waals surface area contributed by atoms with Gasteiger partial charge in [0.1, 0.15) is 5.75 Å². The summed E-state index contributed by atoms with van der Waals surface area (Å²) in [5.41, 5.74) is 3.83. The van der Waals surface area contributed by atoms with Gasteiger partial charge in [-0.2, -0.15) is 20.0 Å². The first-order valence-electron chi connectivity index (χ1n) is 7.96. The van der Waals surface area contributed by atoms with Crippen LogP contribution < -0.4 is 4.74 Å². The molecule has 0 saturated heterocycles. The first-order chi connectivity index (χ1) is 12.0. The summed E-state index contributed by atoms with van der Waals surface area (Å²) in [6, 6.07) is 7.67. The number of aromatic amines is 1. The summed E-state index contributed by atoms with van der Waals surface area (Å²) < 4.78 is 9.34. The molecule has 0 aliphatic heterocycles. The molecule has 7 nitrogen and oxygen atoms in total. The molecule has 2 heterocycles. The maximum atomic E-state index is 5.47. The minimum Gasteiger partial charge on any atom is -0.494 e. The Balaban J connectivity index is 1.97. The average molecular weight is 356 g/mol. The fourth-order valence-electron chi connectivity index (χ4n) is 2.54. The third-order valence-corrected chi connectivity index (χ3v) is 4.21. The molecule has 0 radical (unpaired) electrons. The highest BCUT2D eigenvalue weighted by Crippen LogP contribution is 2.21. The molecule has 0 atom stereocenters. The molecule has 25 heavy (non-hydrogen) atoms. The highest BCUT2D eigenvalue weighted by atomic mass is 32.1. The van der Waals surface area contributed by atoms with Crippen LogP contribution in [0.5, 0.6) is 5.75 Å². The van der Waals surface area contributed by atoms with Gasteiger partial charge in [0, 0.05) is 23.9 Å². The van der Waals surface area contributed by atoms with Gasteiger partial charge in [-0.25, -0.2) is 5.10 Å². The van der Waals surface area contributed by atoms with E-state index < -0.39 is 0 Å². The molecule has 130 valence electrons. The topological polar surface area (TPSA) is 73.0 Å². The Morgan fingerprint density at radius 2 is 2.00 bits per heavy atom. The third-order valence-electron chi connectivity index (χ3n) is 3.94. The number of H-pyrrole nitrogens is 1. The monoisotopic (exact) mass is 356 g/mol. The zero-order chi connectivity index (χ0) is 18.0. The summed E-state index contributed by atoms with van der Waals surface area (Å²) in [5, 5.41) is 16.0. The molecule has 2 aromatic heterocycles. The van der Waals surface area contributed by atoms with Crippen LogP contribution in [0.1, 0.15) is 23.9 Å². The van der Waals surface area contributed by atoms with Crippen molar-refractivity contribution < 1.29 is 4.74 Å². The quantitative estimate of drug-likeness (QED) is 0.563. The molecule has 8 heteroatoms. The Labute approximate surface area is 151 Å². The Morgan fingerprint density at radius 1 is 1.28 bits per heavy atom. The highest BCUT2D eigenvalue weighted by molar-refractivity contribution is 7.71. The molecule has 3 rings (SSSR count). The molecular weight excluding hydrogens is 336 g/mol. The van der Waals surface area contributed by atoms with Crippen LogP contribution in [0.4, 0.5) is 0 Å². The van der Waals surface area contributed by atoms with Gasteiger partial charge in [-0.15, -0.1) is 0 Å². The Morgan fingerprint density at radius 3 is 2.60 bits per heavy atom. The molecule has 0 spiro atoms. The van der Waals surface area contributed by atoms with E-state index in [4.69, 9.17) is 17.0 Å². The lowest BCUT2D eigenvalue weighted by Crippen LogP contribution is -1.97.